The van der Waals surface area contributed by atoms with E-state index < -0.39 is 0 Å². The number of thioether (sulfide) groups is 1. The van der Waals surface area contributed by atoms with Crippen molar-refractivity contribution in [3.05, 3.63) is 59.6 Å². The number of nitrogens with zero attached hydrogens (tertiary/aromatic N) is 4. The fourth-order valence-electron chi connectivity index (χ4n) is 1.88. The molecule has 0 spiro atoms. The molecular formula is C15H12BrN5OS. The minimum Gasteiger partial charge on any atom is -0.324 e. The zero-order chi connectivity index (χ0) is 16.1. The molecule has 0 atom stereocenters. The number of halogens is 1. The van der Waals surface area contributed by atoms with Crippen LogP contribution in [0.1, 0.15) is 0 Å². The number of carbonyl (C=O) groups excluding carboxylic acids is 1. The molecule has 0 unspecified atom stereocenters. The molecule has 0 bridgehead atoms. The highest BCUT2D eigenvalue weighted by atomic mass is 79.9. The molecule has 0 aliphatic heterocycles. The van der Waals surface area contributed by atoms with Gasteiger partial charge in [0.25, 0.3) is 0 Å². The van der Waals surface area contributed by atoms with E-state index in [9.17, 15) is 4.79 Å². The molecule has 8 heteroatoms. The number of carbonyl (C=O) groups is 1. The number of anilines is 1. The van der Waals surface area contributed by atoms with E-state index in [1.54, 1.807) is 23.3 Å². The van der Waals surface area contributed by atoms with Crippen molar-refractivity contribution in [2.45, 2.75) is 5.16 Å². The normalized spacial score (nSPS) is 10.5. The molecule has 6 nitrogen and oxygen atoms in total. The molecule has 0 fully saturated rings. The van der Waals surface area contributed by atoms with Crippen LogP contribution in [0.3, 0.4) is 0 Å². The van der Waals surface area contributed by atoms with Gasteiger partial charge >= 0.3 is 0 Å². The number of aromatic nitrogens is 4. The lowest BCUT2D eigenvalue weighted by molar-refractivity contribution is -0.113. The van der Waals surface area contributed by atoms with E-state index in [-0.39, 0.29) is 11.7 Å². The topological polar surface area (TPSA) is 72.7 Å². The number of hydrogen-bond acceptors (Lipinski definition) is 5. The molecule has 0 saturated carbocycles. The predicted molar refractivity (Wildman–Crippen MR) is 92.6 cm³/mol. The van der Waals surface area contributed by atoms with Gasteiger partial charge in [-0.05, 0) is 40.2 Å². The maximum atomic E-state index is 12.1. The van der Waals surface area contributed by atoms with E-state index in [0.29, 0.717) is 5.16 Å². The van der Waals surface area contributed by atoms with Crippen LogP contribution in [0.5, 0.6) is 0 Å². The molecule has 0 radical (unpaired) electrons. The fourth-order valence-corrected chi connectivity index (χ4v) is 2.99. The molecule has 1 aromatic carbocycles. The third-order valence-electron chi connectivity index (χ3n) is 2.92. The number of para-hydroxylation sites is 1. The summed E-state index contributed by atoms with van der Waals surface area (Å²) < 4.78 is 2.64. The Kier molecular flexibility index (Phi) is 5.04. The molecule has 2 heterocycles. The van der Waals surface area contributed by atoms with Crippen molar-refractivity contribution in [3.8, 4) is 5.69 Å². The molecule has 23 heavy (non-hydrogen) atoms. The molecule has 1 N–H and O–H groups in total. The minimum atomic E-state index is -0.109. The van der Waals surface area contributed by atoms with Crippen LogP contribution in [-0.4, -0.2) is 31.4 Å². The van der Waals surface area contributed by atoms with Crippen molar-refractivity contribution in [2.75, 3.05) is 11.1 Å². The lowest BCUT2D eigenvalue weighted by atomic mass is 10.3. The summed E-state index contributed by atoms with van der Waals surface area (Å²) in [6.07, 6.45) is 5.02. The number of rotatable bonds is 5. The third kappa shape index (κ3) is 3.96. The van der Waals surface area contributed by atoms with Crippen molar-refractivity contribution in [1.29, 1.82) is 0 Å². The van der Waals surface area contributed by atoms with Gasteiger partial charge in [-0.25, -0.2) is 0 Å². The highest BCUT2D eigenvalue weighted by Gasteiger charge is 2.11. The Balaban J connectivity index is 1.64. The molecule has 2 aromatic heterocycles. The third-order valence-corrected chi connectivity index (χ3v) is 4.56. The largest absolute Gasteiger partial charge is 0.324 e. The summed E-state index contributed by atoms with van der Waals surface area (Å²) in [4.78, 5) is 16.2. The molecule has 1 amide bonds. The van der Waals surface area contributed by atoms with Crippen LogP contribution in [0.4, 0.5) is 5.69 Å². The lowest BCUT2D eigenvalue weighted by Crippen LogP contribution is -2.14. The van der Waals surface area contributed by atoms with E-state index in [1.165, 1.54) is 11.8 Å². The smallest absolute Gasteiger partial charge is 0.234 e. The first-order valence-corrected chi connectivity index (χ1v) is 8.49. The van der Waals surface area contributed by atoms with Crippen molar-refractivity contribution in [1.82, 2.24) is 19.7 Å². The molecule has 0 aliphatic rings. The van der Waals surface area contributed by atoms with E-state index >= 15 is 0 Å². The van der Waals surface area contributed by atoms with E-state index in [2.05, 4.69) is 36.4 Å². The summed E-state index contributed by atoms with van der Waals surface area (Å²) in [5.41, 5.74) is 1.60. The molecule has 0 aliphatic carbocycles. The van der Waals surface area contributed by atoms with Crippen LogP contribution in [0.15, 0.2) is 64.7 Å². The minimum absolute atomic E-state index is 0.109. The second-order valence-electron chi connectivity index (χ2n) is 4.51. The summed E-state index contributed by atoms with van der Waals surface area (Å²) in [6, 6.07) is 11.2. The van der Waals surface area contributed by atoms with Crippen molar-refractivity contribution >= 4 is 39.3 Å². The van der Waals surface area contributed by atoms with Crippen LogP contribution < -0.4 is 5.32 Å². The summed E-state index contributed by atoms with van der Waals surface area (Å²) in [5.74, 6) is 0.128. The standard InChI is InChI=1S/C15H12BrN5OS/c16-12-5-1-2-6-13(12)19-14(22)9-23-15-20-18-10-21(15)11-4-3-7-17-8-11/h1-8,10H,9H2,(H,19,22). The molecule has 116 valence electrons. The summed E-state index contributed by atoms with van der Waals surface area (Å²) >= 11 is 4.72. The van der Waals surface area contributed by atoms with Crippen LogP contribution in [0.25, 0.3) is 5.69 Å². The van der Waals surface area contributed by atoms with Gasteiger partial charge in [-0.15, -0.1) is 10.2 Å². The first-order chi connectivity index (χ1) is 11.2. The number of nitrogens with one attached hydrogen (secondary N) is 1. The van der Waals surface area contributed by atoms with Gasteiger partial charge in [0.1, 0.15) is 6.33 Å². The Morgan fingerprint density at radius 3 is 2.91 bits per heavy atom. The second kappa shape index (κ2) is 7.38. The Hall–Kier alpha value is -2.19. The highest BCUT2D eigenvalue weighted by molar-refractivity contribution is 9.10. The van der Waals surface area contributed by atoms with Gasteiger partial charge in [0.05, 0.1) is 23.3 Å². The number of hydrogen-bond donors (Lipinski definition) is 1. The van der Waals surface area contributed by atoms with Gasteiger partial charge in [-0.3, -0.25) is 14.3 Å². The van der Waals surface area contributed by atoms with Gasteiger partial charge in [-0.2, -0.15) is 0 Å². The van der Waals surface area contributed by atoms with Gasteiger partial charge in [-0.1, -0.05) is 23.9 Å². The molecule has 3 aromatic rings. The number of amides is 1. The average Bonchev–Trinajstić information content (AvgIpc) is 3.04. The van der Waals surface area contributed by atoms with Crippen LogP contribution >= 0.6 is 27.7 Å². The van der Waals surface area contributed by atoms with Gasteiger partial charge in [0, 0.05) is 10.7 Å². The maximum absolute atomic E-state index is 12.1. The van der Waals surface area contributed by atoms with Gasteiger partial charge in [0.2, 0.25) is 5.91 Å². The first-order valence-electron chi connectivity index (χ1n) is 6.71. The monoisotopic (exact) mass is 389 g/mol. The van der Waals surface area contributed by atoms with Crippen molar-refractivity contribution in [3.63, 3.8) is 0 Å². The Labute approximate surface area is 145 Å². The molecule has 3 rings (SSSR count). The van der Waals surface area contributed by atoms with Gasteiger partial charge in [0.15, 0.2) is 5.16 Å². The Morgan fingerprint density at radius 1 is 1.26 bits per heavy atom. The van der Waals surface area contributed by atoms with Crippen LogP contribution in [0, 0.1) is 0 Å². The average molecular weight is 390 g/mol. The molecular weight excluding hydrogens is 378 g/mol. The van der Waals surface area contributed by atoms with Gasteiger partial charge < -0.3 is 5.32 Å². The zero-order valence-electron chi connectivity index (χ0n) is 11.9. The lowest BCUT2D eigenvalue weighted by Gasteiger charge is -2.07. The van der Waals surface area contributed by atoms with Crippen molar-refractivity contribution < 1.29 is 4.79 Å². The Morgan fingerprint density at radius 2 is 2.13 bits per heavy atom. The van der Waals surface area contributed by atoms with E-state index in [0.717, 1.165) is 15.8 Å². The summed E-state index contributed by atoms with van der Waals surface area (Å²) in [6.45, 7) is 0. The fraction of sp³-hybridized carbons (Fsp3) is 0.0667. The van der Waals surface area contributed by atoms with Crippen LogP contribution in [-0.2, 0) is 4.79 Å². The highest BCUT2D eigenvalue weighted by Crippen LogP contribution is 2.23. The summed E-state index contributed by atoms with van der Waals surface area (Å²) in [5, 5.41) is 11.4. The van der Waals surface area contributed by atoms with E-state index in [1.807, 2.05) is 36.4 Å². The SMILES string of the molecule is O=C(CSc1nncn1-c1cccnc1)Nc1ccccc1Br. The quantitative estimate of drug-likeness (QED) is 0.678. The first kappa shape index (κ1) is 15.7. The zero-order valence-corrected chi connectivity index (χ0v) is 14.3. The number of benzene rings is 1. The predicted octanol–water partition coefficient (Wildman–Crippen LogP) is 3.16. The maximum Gasteiger partial charge on any atom is 0.234 e. The molecule has 0 saturated heterocycles. The van der Waals surface area contributed by atoms with Crippen molar-refractivity contribution in [2.24, 2.45) is 0 Å². The Bertz CT molecular complexity index is 808. The summed E-state index contributed by atoms with van der Waals surface area (Å²) in [7, 11) is 0. The van der Waals surface area contributed by atoms with Crippen LogP contribution in [0.2, 0.25) is 0 Å². The number of pyridine rings is 1. The second-order valence-corrected chi connectivity index (χ2v) is 6.31. The van der Waals surface area contributed by atoms with E-state index in [4.69, 9.17) is 0 Å².